The lowest BCUT2D eigenvalue weighted by atomic mass is 9.86. The predicted molar refractivity (Wildman–Crippen MR) is 73.2 cm³/mol. The van der Waals surface area contributed by atoms with Gasteiger partial charge in [-0.15, -0.1) is 0 Å². The molecule has 18 heavy (non-hydrogen) atoms. The number of carbonyl (C=O) groups is 1. The van der Waals surface area contributed by atoms with Gasteiger partial charge in [0.05, 0.1) is 7.11 Å². The molecule has 1 saturated heterocycles. The maximum Gasteiger partial charge on any atom is 0.325 e. The summed E-state index contributed by atoms with van der Waals surface area (Å²) in [6, 6.07) is 0. The first-order valence-electron chi connectivity index (χ1n) is 6.96. The summed E-state index contributed by atoms with van der Waals surface area (Å²) in [4.78, 5) is 13.9. The summed E-state index contributed by atoms with van der Waals surface area (Å²) in [5.74, 6) is 1.31. The molecule has 0 radical (unpaired) electrons. The van der Waals surface area contributed by atoms with Gasteiger partial charge in [0.2, 0.25) is 0 Å². The molecule has 0 aromatic heterocycles. The standard InChI is InChI=1S/C14H28N2O2/c1-11(2)12-5-8-16(9-6-12)10-7-14(3,15)13(17)18-4/h11-12H,5-10,15H2,1-4H3. The number of piperidine rings is 1. The number of nitrogens with two attached hydrogens (primary N) is 1. The summed E-state index contributed by atoms with van der Waals surface area (Å²) in [5, 5.41) is 0. The molecule has 1 rings (SSSR count). The third-order valence-electron chi connectivity index (χ3n) is 4.17. The molecule has 2 N–H and O–H groups in total. The summed E-state index contributed by atoms with van der Waals surface area (Å²) in [5.41, 5.74) is 5.10. The van der Waals surface area contributed by atoms with Crippen molar-refractivity contribution < 1.29 is 9.53 Å². The molecule has 4 nitrogen and oxygen atoms in total. The first kappa shape index (κ1) is 15.4. The fraction of sp³-hybridized carbons (Fsp3) is 0.929. The van der Waals surface area contributed by atoms with Crippen molar-refractivity contribution in [3.8, 4) is 0 Å². The highest BCUT2D eigenvalue weighted by Crippen LogP contribution is 2.24. The van der Waals surface area contributed by atoms with E-state index < -0.39 is 5.54 Å². The third kappa shape index (κ3) is 4.25. The van der Waals surface area contributed by atoms with Gasteiger partial charge >= 0.3 is 5.97 Å². The zero-order valence-corrected chi connectivity index (χ0v) is 12.2. The molecule has 1 unspecified atom stereocenters. The fourth-order valence-electron chi connectivity index (χ4n) is 2.57. The van der Waals surface area contributed by atoms with E-state index in [2.05, 4.69) is 18.7 Å². The number of carbonyl (C=O) groups excluding carboxylic acids is 1. The number of hydrogen-bond acceptors (Lipinski definition) is 4. The van der Waals surface area contributed by atoms with Crippen LogP contribution in [0.3, 0.4) is 0 Å². The van der Waals surface area contributed by atoms with Crippen molar-refractivity contribution in [3.63, 3.8) is 0 Å². The molecule has 1 atom stereocenters. The van der Waals surface area contributed by atoms with Gasteiger partial charge in [0.25, 0.3) is 0 Å². The highest BCUT2D eigenvalue weighted by Gasteiger charge is 2.30. The van der Waals surface area contributed by atoms with E-state index in [1.165, 1.54) is 20.0 Å². The maximum absolute atomic E-state index is 11.5. The molecule has 0 amide bonds. The maximum atomic E-state index is 11.5. The van der Waals surface area contributed by atoms with Crippen molar-refractivity contribution in [3.05, 3.63) is 0 Å². The van der Waals surface area contributed by atoms with Crippen molar-refractivity contribution in [2.45, 2.75) is 45.6 Å². The van der Waals surface area contributed by atoms with Gasteiger partial charge in [-0.05, 0) is 51.1 Å². The zero-order valence-electron chi connectivity index (χ0n) is 12.2. The third-order valence-corrected chi connectivity index (χ3v) is 4.17. The highest BCUT2D eigenvalue weighted by atomic mass is 16.5. The average Bonchev–Trinajstić information content (AvgIpc) is 2.35. The van der Waals surface area contributed by atoms with Gasteiger partial charge in [-0.1, -0.05) is 13.8 Å². The number of hydrogen-bond donors (Lipinski definition) is 1. The van der Waals surface area contributed by atoms with Crippen LogP contribution in [-0.4, -0.2) is 43.2 Å². The monoisotopic (exact) mass is 256 g/mol. The van der Waals surface area contributed by atoms with Crippen LogP contribution in [0.5, 0.6) is 0 Å². The van der Waals surface area contributed by atoms with Crippen LogP contribution in [0.25, 0.3) is 0 Å². The second-order valence-electron chi connectivity index (χ2n) is 6.08. The first-order chi connectivity index (χ1) is 8.36. The quantitative estimate of drug-likeness (QED) is 0.760. The van der Waals surface area contributed by atoms with Crippen molar-refractivity contribution in [1.29, 1.82) is 0 Å². The van der Waals surface area contributed by atoms with Crippen LogP contribution >= 0.6 is 0 Å². The van der Waals surface area contributed by atoms with E-state index in [1.54, 1.807) is 6.92 Å². The average molecular weight is 256 g/mol. The minimum absolute atomic E-state index is 0.320. The Hall–Kier alpha value is -0.610. The summed E-state index contributed by atoms with van der Waals surface area (Å²) < 4.78 is 4.72. The first-order valence-corrected chi connectivity index (χ1v) is 6.96. The van der Waals surface area contributed by atoms with E-state index in [4.69, 9.17) is 10.5 Å². The minimum Gasteiger partial charge on any atom is -0.468 e. The highest BCUT2D eigenvalue weighted by molar-refractivity contribution is 5.79. The Balaban J connectivity index is 2.32. The summed E-state index contributed by atoms with van der Waals surface area (Å²) in [6.07, 6.45) is 3.18. The molecule has 1 fully saturated rings. The molecule has 0 spiro atoms. The van der Waals surface area contributed by atoms with Crippen LogP contribution in [0.15, 0.2) is 0 Å². The molecule has 1 heterocycles. The van der Waals surface area contributed by atoms with E-state index in [1.807, 2.05) is 0 Å². The number of methoxy groups -OCH3 is 1. The number of esters is 1. The number of nitrogens with zero attached hydrogens (tertiary/aromatic N) is 1. The van der Waals surface area contributed by atoms with Crippen molar-refractivity contribution in [1.82, 2.24) is 4.90 Å². The Kier molecular flexibility index (Phi) is 5.60. The lowest BCUT2D eigenvalue weighted by molar-refractivity contribution is -0.146. The minimum atomic E-state index is -0.857. The Morgan fingerprint density at radius 3 is 2.44 bits per heavy atom. The molecule has 0 aliphatic carbocycles. The Bertz CT molecular complexity index is 269. The van der Waals surface area contributed by atoms with Gasteiger partial charge in [-0.2, -0.15) is 0 Å². The van der Waals surface area contributed by atoms with Gasteiger partial charge in [0.15, 0.2) is 0 Å². The molecule has 1 aliphatic heterocycles. The molecule has 4 heteroatoms. The smallest absolute Gasteiger partial charge is 0.325 e. The van der Waals surface area contributed by atoms with E-state index in [0.29, 0.717) is 6.42 Å². The fourth-order valence-corrected chi connectivity index (χ4v) is 2.57. The molecule has 106 valence electrons. The van der Waals surface area contributed by atoms with Crippen LogP contribution < -0.4 is 5.73 Å². The Morgan fingerprint density at radius 1 is 1.44 bits per heavy atom. The second kappa shape index (κ2) is 6.53. The zero-order chi connectivity index (χ0) is 13.8. The van der Waals surface area contributed by atoms with Crippen LogP contribution in [0.2, 0.25) is 0 Å². The van der Waals surface area contributed by atoms with Crippen LogP contribution in [0.1, 0.15) is 40.0 Å². The second-order valence-corrected chi connectivity index (χ2v) is 6.08. The van der Waals surface area contributed by atoms with Crippen molar-refractivity contribution in [2.24, 2.45) is 17.6 Å². The summed E-state index contributed by atoms with van der Waals surface area (Å²) >= 11 is 0. The van der Waals surface area contributed by atoms with E-state index in [-0.39, 0.29) is 5.97 Å². The SMILES string of the molecule is COC(=O)C(C)(N)CCN1CCC(C(C)C)CC1. The lowest BCUT2D eigenvalue weighted by Gasteiger charge is -2.35. The Labute approximate surface area is 111 Å². The molecule has 0 bridgehead atoms. The summed E-state index contributed by atoms with van der Waals surface area (Å²) in [7, 11) is 1.39. The van der Waals surface area contributed by atoms with Crippen LogP contribution in [0.4, 0.5) is 0 Å². The van der Waals surface area contributed by atoms with Crippen LogP contribution in [0, 0.1) is 11.8 Å². The number of likely N-dealkylation sites (tertiary alicyclic amines) is 1. The molecule has 0 saturated carbocycles. The van der Waals surface area contributed by atoms with Crippen molar-refractivity contribution in [2.75, 3.05) is 26.7 Å². The molecule has 1 aliphatic rings. The molecular formula is C14H28N2O2. The van der Waals surface area contributed by atoms with Gasteiger partial charge in [0, 0.05) is 6.54 Å². The van der Waals surface area contributed by atoms with Gasteiger partial charge < -0.3 is 15.4 Å². The lowest BCUT2D eigenvalue weighted by Crippen LogP contribution is -2.49. The normalized spacial score (nSPS) is 21.9. The van der Waals surface area contributed by atoms with Gasteiger partial charge in [0.1, 0.15) is 5.54 Å². The predicted octanol–water partition coefficient (Wildman–Crippen LogP) is 1.63. The van der Waals surface area contributed by atoms with Gasteiger partial charge in [-0.25, -0.2) is 0 Å². The van der Waals surface area contributed by atoms with Gasteiger partial charge in [-0.3, -0.25) is 4.79 Å². The van der Waals surface area contributed by atoms with Crippen LogP contribution in [-0.2, 0) is 9.53 Å². The summed E-state index contributed by atoms with van der Waals surface area (Å²) in [6.45, 7) is 9.48. The molecular weight excluding hydrogens is 228 g/mol. The van der Waals surface area contributed by atoms with E-state index in [9.17, 15) is 4.79 Å². The van der Waals surface area contributed by atoms with Crippen molar-refractivity contribution >= 4 is 5.97 Å². The number of ether oxygens (including phenoxy) is 1. The topological polar surface area (TPSA) is 55.6 Å². The van der Waals surface area contributed by atoms with E-state index >= 15 is 0 Å². The Morgan fingerprint density at radius 2 is 2.00 bits per heavy atom. The largest absolute Gasteiger partial charge is 0.468 e. The molecule has 0 aromatic rings. The number of rotatable bonds is 5. The molecule has 0 aromatic carbocycles. The van der Waals surface area contributed by atoms with E-state index in [0.717, 1.165) is 31.5 Å².